The third-order valence-electron chi connectivity index (χ3n) is 2.86. The molecule has 0 radical (unpaired) electrons. The average Bonchev–Trinajstić information content (AvgIpc) is 2.15. The van der Waals surface area contributed by atoms with Crippen LogP contribution in [0.3, 0.4) is 0 Å². The lowest BCUT2D eigenvalue weighted by Crippen LogP contribution is -2.29. The van der Waals surface area contributed by atoms with E-state index < -0.39 is 0 Å². The van der Waals surface area contributed by atoms with Crippen LogP contribution in [0.1, 0.15) is 32.1 Å². The van der Waals surface area contributed by atoms with Gasteiger partial charge < -0.3 is 5.32 Å². The van der Waals surface area contributed by atoms with E-state index in [-0.39, 0.29) is 0 Å². The minimum Gasteiger partial charge on any atom is -0.317 e. The van der Waals surface area contributed by atoms with E-state index in [0.717, 1.165) is 15.4 Å². The van der Waals surface area contributed by atoms with Gasteiger partial charge in [0.05, 0.1) is 3.39 Å². The van der Waals surface area contributed by atoms with Crippen LogP contribution < -0.4 is 5.32 Å². The third-order valence-corrected chi connectivity index (χ3v) is 3.51. The predicted molar refractivity (Wildman–Crippen MR) is 65.4 cm³/mol. The monoisotopic (exact) mass is 309 g/mol. The summed E-state index contributed by atoms with van der Waals surface area (Å²) in [5.41, 5.74) is 0. The number of allylic oxidation sites excluding steroid dienone is 1. The van der Waals surface area contributed by atoms with Crippen molar-refractivity contribution in [2.45, 2.75) is 38.1 Å². The Morgan fingerprint density at radius 1 is 1.31 bits per heavy atom. The first-order chi connectivity index (χ1) is 6.22. The molecule has 1 fully saturated rings. The van der Waals surface area contributed by atoms with Crippen molar-refractivity contribution >= 4 is 31.9 Å². The van der Waals surface area contributed by atoms with Crippen molar-refractivity contribution in [2.24, 2.45) is 5.92 Å². The molecule has 76 valence electrons. The van der Waals surface area contributed by atoms with Gasteiger partial charge in [0.25, 0.3) is 0 Å². The van der Waals surface area contributed by atoms with Crippen molar-refractivity contribution in [3.8, 4) is 0 Å². The molecule has 0 atom stereocenters. The molecule has 0 aliphatic heterocycles. The highest BCUT2D eigenvalue weighted by Crippen LogP contribution is 2.28. The number of hydrogen-bond donors (Lipinski definition) is 1. The van der Waals surface area contributed by atoms with Gasteiger partial charge in [0.2, 0.25) is 0 Å². The lowest BCUT2D eigenvalue weighted by Gasteiger charge is -2.27. The molecule has 0 heterocycles. The number of hydrogen-bond acceptors (Lipinski definition) is 1. The summed E-state index contributed by atoms with van der Waals surface area (Å²) in [5, 5.41) is 3.36. The molecule has 0 amide bonds. The highest BCUT2D eigenvalue weighted by Gasteiger charge is 2.18. The van der Waals surface area contributed by atoms with E-state index in [1.165, 1.54) is 32.1 Å². The molecule has 3 heteroatoms. The van der Waals surface area contributed by atoms with Gasteiger partial charge in [-0.15, -0.1) is 0 Å². The van der Waals surface area contributed by atoms with Gasteiger partial charge in [-0.25, -0.2) is 0 Å². The molecule has 1 N–H and O–H groups in total. The fourth-order valence-electron chi connectivity index (χ4n) is 1.94. The number of halogens is 2. The van der Waals surface area contributed by atoms with Crippen LogP contribution in [0.15, 0.2) is 9.47 Å². The van der Waals surface area contributed by atoms with Gasteiger partial charge >= 0.3 is 0 Å². The van der Waals surface area contributed by atoms with Crippen molar-refractivity contribution < 1.29 is 0 Å². The fourth-order valence-corrected chi connectivity index (χ4v) is 2.32. The van der Waals surface area contributed by atoms with Crippen LogP contribution in [0.5, 0.6) is 0 Å². The lowest BCUT2D eigenvalue weighted by molar-refractivity contribution is 0.303. The molecular weight excluding hydrogens is 294 g/mol. The maximum atomic E-state index is 3.39. The smallest absolute Gasteiger partial charge is 0.0564 e. The van der Waals surface area contributed by atoms with Crippen molar-refractivity contribution in [3.63, 3.8) is 0 Å². The molecule has 1 rings (SSSR count). The minimum absolute atomic E-state index is 0.771. The summed E-state index contributed by atoms with van der Waals surface area (Å²) >= 11 is 6.78. The molecule has 0 spiro atoms. The Kier molecular flexibility index (Phi) is 5.60. The molecule has 0 aromatic carbocycles. The largest absolute Gasteiger partial charge is 0.317 e. The predicted octanol–water partition coefficient (Wildman–Crippen LogP) is 3.79. The van der Waals surface area contributed by atoms with Gasteiger partial charge in [0, 0.05) is 6.04 Å². The van der Waals surface area contributed by atoms with Gasteiger partial charge in [0.15, 0.2) is 0 Å². The first kappa shape index (κ1) is 11.7. The highest BCUT2D eigenvalue weighted by atomic mass is 79.9. The van der Waals surface area contributed by atoms with Crippen LogP contribution in [0.4, 0.5) is 0 Å². The summed E-state index contributed by atoms with van der Waals surface area (Å²) in [4.78, 5) is 0. The third kappa shape index (κ3) is 4.61. The van der Waals surface area contributed by atoms with Crippen molar-refractivity contribution in [3.05, 3.63) is 9.47 Å². The molecule has 0 unspecified atom stereocenters. The maximum Gasteiger partial charge on any atom is 0.0564 e. The highest BCUT2D eigenvalue weighted by molar-refractivity contribution is 9.28. The van der Waals surface area contributed by atoms with Crippen molar-refractivity contribution in [1.82, 2.24) is 5.32 Å². The molecule has 13 heavy (non-hydrogen) atoms. The van der Waals surface area contributed by atoms with Crippen LogP contribution in [0, 0.1) is 5.92 Å². The Labute approximate surface area is 97.6 Å². The molecular formula is C10H17Br2N. The van der Waals surface area contributed by atoms with E-state index in [9.17, 15) is 0 Å². The second-order valence-corrected chi connectivity index (χ2v) is 6.51. The lowest BCUT2D eigenvalue weighted by atomic mass is 9.84. The Morgan fingerprint density at radius 2 is 1.92 bits per heavy atom. The first-order valence-electron chi connectivity index (χ1n) is 4.90. The summed E-state index contributed by atoms with van der Waals surface area (Å²) in [7, 11) is 2.07. The quantitative estimate of drug-likeness (QED) is 0.836. The standard InChI is InChI=1S/C10H17Br2N/c1-13-9-5-2-8(3-6-9)4-7-10(11)12/h7-9,13H,2-6H2,1H3. The van der Waals surface area contributed by atoms with Crippen LogP contribution in [-0.2, 0) is 0 Å². The zero-order valence-electron chi connectivity index (χ0n) is 8.02. The van der Waals surface area contributed by atoms with E-state index in [0.29, 0.717) is 0 Å². The molecule has 0 aromatic heterocycles. The molecule has 1 aliphatic rings. The van der Waals surface area contributed by atoms with E-state index in [2.05, 4.69) is 50.3 Å². The Hall–Kier alpha value is 0.660. The van der Waals surface area contributed by atoms with E-state index >= 15 is 0 Å². The second-order valence-electron chi connectivity index (χ2n) is 3.74. The summed E-state index contributed by atoms with van der Waals surface area (Å²) < 4.78 is 1.09. The van der Waals surface area contributed by atoms with Gasteiger partial charge in [-0.1, -0.05) is 6.08 Å². The first-order valence-corrected chi connectivity index (χ1v) is 6.49. The summed E-state index contributed by atoms with van der Waals surface area (Å²) in [5.74, 6) is 0.898. The molecule has 0 saturated heterocycles. The molecule has 0 bridgehead atoms. The van der Waals surface area contributed by atoms with Gasteiger partial charge in [-0.2, -0.15) is 0 Å². The van der Waals surface area contributed by atoms with E-state index in [1.807, 2.05) is 0 Å². The summed E-state index contributed by atoms with van der Waals surface area (Å²) in [6, 6.07) is 0.771. The van der Waals surface area contributed by atoms with Crippen LogP contribution in [-0.4, -0.2) is 13.1 Å². The number of nitrogens with one attached hydrogen (secondary N) is 1. The van der Waals surface area contributed by atoms with Gasteiger partial charge in [0.1, 0.15) is 0 Å². The average molecular weight is 311 g/mol. The van der Waals surface area contributed by atoms with Crippen LogP contribution >= 0.6 is 31.9 Å². The van der Waals surface area contributed by atoms with E-state index in [1.54, 1.807) is 0 Å². The SMILES string of the molecule is CNC1CCC(CC=C(Br)Br)CC1. The van der Waals surface area contributed by atoms with Gasteiger partial charge in [-0.3, -0.25) is 0 Å². The Balaban J connectivity index is 2.21. The summed E-state index contributed by atoms with van der Waals surface area (Å²) in [6.45, 7) is 0. The van der Waals surface area contributed by atoms with Crippen LogP contribution in [0.25, 0.3) is 0 Å². The molecule has 1 nitrogen and oxygen atoms in total. The van der Waals surface area contributed by atoms with Gasteiger partial charge in [-0.05, 0) is 76.9 Å². The number of rotatable bonds is 3. The Bertz CT molecular complexity index is 168. The van der Waals surface area contributed by atoms with Crippen molar-refractivity contribution in [1.29, 1.82) is 0 Å². The zero-order valence-corrected chi connectivity index (χ0v) is 11.2. The summed E-state index contributed by atoms with van der Waals surface area (Å²) in [6.07, 6.45) is 8.86. The minimum atomic E-state index is 0.771. The fraction of sp³-hybridized carbons (Fsp3) is 0.800. The molecule has 0 aromatic rings. The Morgan fingerprint density at radius 3 is 2.38 bits per heavy atom. The molecule has 1 saturated carbocycles. The van der Waals surface area contributed by atoms with E-state index in [4.69, 9.17) is 0 Å². The normalized spacial score (nSPS) is 28.5. The van der Waals surface area contributed by atoms with Crippen LogP contribution in [0.2, 0.25) is 0 Å². The van der Waals surface area contributed by atoms with Crippen molar-refractivity contribution in [2.75, 3.05) is 7.05 Å². The topological polar surface area (TPSA) is 12.0 Å². The maximum absolute atomic E-state index is 3.39. The zero-order chi connectivity index (χ0) is 9.68. The molecule has 1 aliphatic carbocycles. The second kappa shape index (κ2) is 6.20.